The minimum absolute atomic E-state index is 0.349. The van der Waals surface area contributed by atoms with Gasteiger partial charge in [-0.25, -0.2) is 5.43 Å². The molecule has 1 amide bonds. The van der Waals surface area contributed by atoms with Crippen LogP contribution in [0.1, 0.15) is 27.2 Å². The molecule has 0 saturated heterocycles. The van der Waals surface area contributed by atoms with E-state index in [0.29, 0.717) is 21.3 Å². The monoisotopic (exact) mass is 384 g/mol. The first kappa shape index (κ1) is 16.8. The second-order valence-electron chi connectivity index (χ2n) is 5.92. The van der Waals surface area contributed by atoms with Crippen LogP contribution in [0.2, 0.25) is 10.0 Å². The van der Waals surface area contributed by atoms with Crippen LogP contribution in [0, 0.1) is 0 Å². The van der Waals surface area contributed by atoms with Gasteiger partial charge in [-0.2, -0.15) is 10.2 Å². The van der Waals surface area contributed by atoms with E-state index in [1.165, 1.54) is 11.8 Å². The standard InChI is InChI=1S/C19H14Cl2N4O/c20-15-6-3-7-16(21)14(15)10-22-25-19(26)18-13-9-8-11-4-1-2-5-12(11)17(13)23-24-18/h1-7,10H,8-9H2,(H,23,24)(H,25,26)/b22-10-. The zero-order valence-corrected chi connectivity index (χ0v) is 15.1. The number of aromatic amines is 1. The Morgan fingerprint density at radius 1 is 1.12 bits per heavy atom. The zero-order chi connectivity index (χ0) is 18.1. The van der Waals surface area contributed by atoms with Crippen LogP contribution in [-0.4, -0.2) is 22.3 Å². The first-order valence-electron chi connectivity index (χ1n) is 8.08. The van der Waals surface area contributed by atoms with Gasteiger partial charge in [0.05, 0.1) is 22.0 Å². The summed E-state index contributed by atoms with van der Waals surface area (Å²) in [4.78, 5) is 12.5. The van der Waals surface area contributed by atoms with E-state index in [0.717, 1.165) is 29.7 Å². The molecule has 1 heterocycles. The van der Waals surface area contributed by atoms with Crippen LogP contribution >= 0.6 is 23.2 Å². The third-order valence-electron chi connectivity index (χ3n) is 4.37. The molecule has 3 aromatic rings. The van der Waals surface area contributed by atoms with Gasteiger partial charge in [0, 0.05) is 16.7 Å². The first-order valence-corrected chi connectivity index (χ1v) is 8.83. The number of benzene rings is 2. The number of hydrogen-bond acceptors (Lipinski definition) is 3. The van der Waals surface area contributed by atoms with Crippen molar-refractivity contribution in [3.63, 3.8) is 0 Å². The maximum absolute atomic E-state index is 12.5. The summed E-state index contributed by atoms with van der Waals surface area (Å²) in [6.45, 7) is 0. The van der Waals surface area contributed by atoms with Crippen LogP contribution < -0.4 is 5.43 Å². The number of hydrogen-bond donors (Lipinski definition) is 2. The molecule has 0 bridgehead atoms. The van der Waals surface area contributed by atoms with Crippen molar-refractivity contribution in [3.05, 3.63) is 74.9 Å². The SMILES string of the molecule is O=C(N/N=C\c1c(Cl)cccc1Cl)c1[nH]nc2c1CCc1ccccc1-2. The molecule has 0 radical (unpaired) electrons. The Balaban J connectivity index is 1.56. The number of nitrogens with one attached hydrogen (secondary N) is 2. The number of nitrogens with zero attached hydrogens (tertiary/aromatic N) is 2. The molecule has 1 aliphatic rings. The summed E-state index contributed by atoms with van der Waals surface area (Å²) < 4.78 is 0. The fourth-order valence-corrected chi connectivity index (χ4v) is 3.59. The van der Waals surface area contributed by atoms with Crippen LogP contribution in [0.5, 0.6) is 0 Å². The van der Waals surface area contributed by atoms with E-state index >= 15 is 0 Å². The number of H-pyrrole nitrogens is 1. The number of carbonyl (C=O) groups excluding carboxylic acids is 1. The van der Waals surface area contributed by atoms with E-state index in [1.807, 2.05) is 18.2 Å². The fraction of sp³-hybridized carbons (Fsp3) is 0.105. The van der Waals surface area contributed by atoms with Crippen LogP contribution in [0.4, 0.5) is 0 Å². The van der Waals surface area contributed by atoms with Crippen LogP contribution in [0.3, 0.4) is 0 Å². The molecule has 2 N–H and O–H groups in total. The summed E-state index contributed by atoms with van der Waals surface area (Å²) in [6, 6.07) is 13.3. The molecule has 0 unspecified atom stereocenters. The Morgan fingerprint density at radius 3 is 2.69 bits per heavy atom. The van der Waals surface area contributed by atoms with Gasteiger partial charge in [0.15, 0.2) is 0 Å². The number of aryl methyl sites for hydroxylation is 1. The van der Waals surface area contributed by atoms with Crippen molar-refractivity contribution in [3.8, 4) is 11.3 Å². The topological polar surface area (TPSA) is 70.1 Å². The fourth-order valence-electron chi connectivity index (χ4n) is 3.09. The van der Waals surface area contributed by atoms with Crippen molar-refractivity contribution in [2.75, 3.05) is 0 Å². The number of fused-ring (bicyclic) bond motifs is 3. The van der Waals surface area contributed by atoms with E-state index in [2.05, 4.69) is 26.8 Å². The molecular weight excluding hydrogens is 371 g/mol. The molecule has 26 heavy (non-hydrogen) atoms. The second-order valence-corrected chi connectivity index (χ2v) is 6.73. The first-order chi connectivity index (χ1) is 12.6. The highest BCUT2D eigenvalue weighted by atomic mass is 35.5. The van der Waals surface area contributed by atoms with Gasteiger partial charge in [0.2, 0.25) is 0 Å². The molecule has 1 aromatic heterocycles. The van der Waals surface area contributed by atoms with Gasteiger partial charge < -0.3 is 0 Å². The normalized spacial score (nSPS) is 12.7. The summed E-state index contributed by atoms with van der Waals surface area (Å²) in [6.07, 6.45) is 3.06. The van der Waals surface area contributed by atoms with Crippen molar-refractivity contribution in [1.29, 1.82) is 0 Å². The number of carbonyl (C=O) groups is 1. The Hall–Kier alpha value is -2.63. The molecule has 0 saturated carbocycles. The van der Waals surface area contributed by atoms with E-state index in [4.69, 9.17) is 23.2 Å². The minimum atomic E-state index is -0.349. The molecule has 5 nitrogen and oxygen atoms in total. The molecule has 7 heteroatoms. The second kappa shape index (κ2) is 6.94. The molecule has 1 aliphatic carbocycles. The summed E-state index contributed by atoms with van der Waals surface area (Å²) in [5.41, 5.74) is 7.53. The van der Waals surface area contributed by atoms with Crippen LogP contribution in [0.15, 0.2) is 47.6 Å². The third kappa shape index (κ3) is 3.00. The Bertz CT molecular complexity index is 1010. The van der Waals surface area contributed by atoms with Gasteiger partial charge in [0.1, 0.15) is 5.69 Å². The Morgan fingerprint density at radius 2 is 1.88 bits per heavy atom. The lowest BCUT2D eigenvalue weighted by Crippen LogP contribution is -2.20. The van der Waals surface area contributed by atoms with Gasteiger partial charge in [-0.3, -0.25) is 9.89 Å². The van der Waals surface area contributed by atoms with Crippen LogP contribution in [-0.2, 0) is 12.8 Å². The Kier molecular flexibility index (Phi) is 4.49. The van der Waals surface area contributed by atoms with Crippen molar-refractivity contribution >= 4 is 35.3 Å². The summed E-state index contributed by atoms with van der Waals surface area (Å²) >= 11 is 12.2. The molecule has 4 rings (SSSR count). The molecular formula is C19H14Cl2N4O. The lowest BCUT2D eigenvalue weighted by atomic mass is 9.89. The number of aromatic nitrogens is 2. The van der Waals surface area contributed by atoms with Gasteiger partial charge >= 0.3 is 0 Å². The highest BCUT2D eigenvalue weighted by Gasteiger charge is 2.24. The number of hydrazone groups is 1. The summed E-state index contributed by atoms with van der Waals surface area (Å²) in [5.74, 6) is -0.349. The number of halogens is 2. The quantitative estimate of drug-likeness (QED) is 0.523. The predicted octanol–water partition coefficient (Wildman–Crippen LogP) is 4.25. The average Bonchev–Trinajstić information content (AvgIpc) is 3.08. The van der Waals surface area contributed by atoms with Crippen LogP contribution in [0.25, 0.3) is 11.3 Å². The zero-order valence-electron chi connectivity index (χ0n) is 13.6. The average molecular weight is 385 g/mol. The maximum atomic E-state index is 12.5. The lowest BCUT2D eigenvalue weighted by molar-refractivity contribution is 0.0949. The van der Waals surface area contributed by atoms with Gasteiger partial charge in [0.25, 0.3) is 5.91 Å². The van der Waals surface area contributed by atoms with E-state index in [9.17, 15) is 4.79 Å². The smallest absolute Gasteiger partial charge is 0.272 e. The van der Waals surface area contributed by atoms with Crippen molar-refractivity contribution in [2.45, 2.75) is 12.8 Å². The van der Waals surface area contributed by atoms with E-state index in [1.54, 1.807) is 18.2 Å². The van der Waals surface area contributed by atoms with Gasteiger partial charge in [-0.15, -0.1) is 0 Å². The maximum Gasteiger partial charge on any atom is 0.289 e. The summed E-state index contributed by atoms with van der Waals surface area (Å²) in [7, 11) is 0. The van der Waals surface area contributed by atoms with Crippen molar-refractivity contribution in [2.24, 2.45) is 5.10 Å². The van der Waals surface area contributed by atoms with Crippen molar-refractivity contribution in [1.82, 2.24) is 15.6 Å². The molecule has 0 aliphatic heterocycles. The highest BCUT2D eigenvalue weighted by molar-refractivity contribution is 6.38. The van der Waals surface area contributed by atoms with Crippen molar-refractivity contribution < 1.29 is 4.79 Å². The molecule has 2 aromatic carbocycles. The van der Waals surface area contributed by atoms with E-state index < -0.39 is 0 Å². The molecule has 0 fully saturated rings. The van der Waals surface area contributed by atoms with Gasteiger partial charge in [-0.05, 0) is 30.5 Å². The lowest BCUT2D eigenvalue weighted by Gasteiger charge is -2.15. The highest BCUT2D eigenvalue weighted by Crippen LogP contribution is 2.33. The Labute approximate surface area is 160 Å². The summed E-state index contributed by atoms with van der Waals surface area (Å²) in [5, 5.41) is 12.1. The third-order valence-corrected chi connectivity index (χ3v) is 5.03. The molecule has 0 atom stereocenters. The van der Waals surface area contributed by atoms with E-state index in [-0.39, 0.29) is 5.91 Å². The number of rotatable bonds is 3. The predicted molar refractivity (Wildman–Crippen MR) is 103 cm³/mol. The molecule has 130 valence electrons. The minimum Gasteiger partial charge on any atom is -0.272 e. The number of amides is 1. The molecule has 0 spiro atoms. The van der Waals surface area contributed by atoms with Gasteiger partial charge in [-0.1, -0.05) is 53.5 Å². The largest absolute Gasteiger partial charge is 0.289 e.